The van der Waals surface area contributed by atoms with Crippen molar-refractivity contribution in [3.8, 4) is 23.0 Å². The van der Waals surface area contributed by atoms with Crippen LogP contribution in [0.5, 0.6) is 11.5 Å². The van der Waals surface area contributed by atoms with Crippen molar-refractivity contribution >= 4 is 23.4 Å². The van der Waals surface area contributed by atoms with Crippen molar-refractivity contribution in [1.29, 1.82) is 0 Å². The third kappa shape index (κ3) is 4.49. The van der Waals surface area contributed by atoms with Crippen LogP contribution in [0.2, 0.25) is 5.02 Å². The predicted octanol–water partition coefficient (Wildman–Crippen LogP) is 4.75. The highest BCUT2D eigenvalue weighted by molar-refractivity contribution is 6.30. The fraction of sp³-hybridized carbons (Fsp3) is 0.120. The van der Waals surface area contributed by atoms with E-state index in [9.17, 15) is 9.59 Å². The van der Waals surface area contributed by atoms with Crippen molar-refractivity contribution in [2.24, 2.45) is 0 Å². The van der Waals surface area contributed by atoms with Gasteiger partial charge in [-0.15, -0.1) is 10.2 Å². The van der Waals surface area contributed by atoms with E-state index >= 15 is 0 Å². The molecule has 0 saturated carbocycles. The van der Waals surface area contributed by atoms with Gasteiger partial charge in [-0.25, -0.2) is 4.79 Å². The molecule has 0 spiro atoms. The van der Waals surface area contributed by atoms with Crippen LogP contribution in [0.25, 0.3) is 11.5 Å². The Bertz CT molecular complexity index is 1370. The highest BCUT2D eigenvalue weighted by Gasteiger charge is 2.22. The molecular formula is C25H17ClN2O6. The van der Waals surface area contributed by atoms with Crippen LogP contribution >= 0.6 is 11.6 Å². The van der Waals surface area contributed by atoms with Gasteiger partial charge in [-0.05, 0) is 48.5 Å². The summed E-state index contributed by atoms with van der Waals surface area (Å²) in [7, 11) is 0. The largest absolute Gasteiger partial charge is 0.486 e. The summed E-state index contributed by atoms with van der Waals surface area (Å²) < 4.78 is 22.0. The van der Waals surface area contributed by atoms with Gasteiger partial charge in [0.05, 0.1) is 5.56 Å². The van der Waals surface area contributed by atoms with Crippen molar-refractivity contribution < 1.29 is 28.2 Å². The normalized spacial score (nSPS) is 12.3. The van der Waals surface area contributed by atoms with Gasteiger partial charge in [0.25, 0.3) is 5.89 Å². The number of halogens is 1. The number of carbonyl (C=O) groups excluding carboxylic acids is 2. The van der Waals surface area contributed by atoms with Crippen LogP contribution in [0.4, 0.5) is 0 Å². The van der Waals surface area contributed by atoms with Crippen molar-refractivity contribution in [1.82, 2.24) is 10.2 Å². The molecule has 0 unspecified atom stereocenters. The SMILES string of the molecule is O=C(OCc1nnc(-c2ccc(Cl)cc2)o1)c1ccccc1C(=O)c1ccc2c(c1)OCCO2. The van der Waals surface area contributed by atoms with E-state index in [1.807, 2.05) is 0 Å². The van der Waals surface area contributed by atoms with Crippen molar-refractivity contribution in [2.75, 3.05) is 13.2 Å². The second-order valence-electron chi connectivity index (χ2n) is 7.32. The maximum Gasteiger partial charge on any atom is 0.339 e. The molecule has 8 nitrogen and oxygen atoms in total. The zero-order valence-electron chi connectivity index (χ0n) is 17.7. The number of nitrogens with zero attached hydrogens (tertiary/aromatic N) is 2. The van der Waals surface area contributed by atoms with Gasteiger partial charge >= 0.3 is 5.97 Å². The maximum absolute atomic E-state index is 13.2. The summed E-state index contributed by atoms with van der Waals surface area (Å²) in [6.07, 6.45) is 0. The van der Waals surface area contributed by atoms with E-state index in [4.69, 9.17) is 30.2 Å². The number of fused-ring (bicyclic) bond motifs is 1. The number of hydrogen-bond acceptors (Lipinski definition) is 8. The van der Waals surface area contributed by atoms with Crippen LogP contribution in [0, 0.1) is 0 Å². The molecule has 170 valence electrons. The zero-order valence-corrected chi connectivity index (χ0v) is 18.4. The first-order valence-electron chi connectivity index (χ1n) is 10.4. The van der Waals surface area contributed by atoms with Crippen LogP contribution in [0.3, 0.4) is 0 Å². The summed E-state index contributed by atoms with van der Waals surface area (Å²) in [6.45, 7) is 0.616. The lowest BCUT2D eigenvalue weighted by atomic mass is 9.98. The average molecular weight is 477 g/mol. The van der Waals surface area contributed by atoms with Gasteiger partial charge in [0.2, 0.25) is 5.89 Å². The first kappa shape index (κ1) is 21.7. The van der Waals surface area contributed by atoms with E-state index in [2.05, 4.69) is 10.2 Å². The van der Waals surface area contributed by atoms with Gasteiger partial charge in [-0.2, -0.15) is 0 Å². The standard InChI is InChI=1S/C25H17ClN2O6/c26-17-8-5-15(6-9-17)24-28-27-22(34-24)14-33-25(30)19-4-2-1-3-18(19)23(29)16-7-10-20-21(13-16)32-12-11-31-20/h1-10,13H,11-12,14H2. The van der Waals surface area contributed by atoms with Crippen molar-refractivity contribution in [3.05, 3.63) is 94.3 Å². The number of ketones is 1. The Labute approximate surface area is 199 Å². The highest BCUT2D eigenvalue weighted by Crippen LogP contribution is 2.32. The Morgan fingerprint density at radius 1 is 0.882 bits per heavy atom. The second kappa shape index (κ2) is 9.36. The minimum Gasteiger partial charge on any atom is -0.486 e. The fourth-order valence-corrected chi connectivity index (χ4v) is 3.55. The Morgan fingerprint density at radius 2 is 1.62 bits per heavy atom. The molecule has 5 rings (SSSR count). The van der Waals surface area contributed by atoms with Gasteiger partial charge in [0.1, 0.15) is 13.2 Å². The molecule has 0 aliphatic carbocycles. The topological polar surface area (TPSA) is 101 Å². The lowest BCUT2D eigenvalue weighted by molar-refractivity contribution is 0.0436. The molecule has 0 saturated heterocycles. The first-order valence-corrected chi connectivity index (χ1v) is 10.7. The van der Waals surface area contributed by atoms with Gasteiger partial charge < -0.3 is 18.6 Å². The van der Waals surface area contributed by atoms with E-state index in [1.54, 1.807) is 60.7 Å². The summed E-state index contributed by atoms with van der Waals surface area (Å²) in [6, 6.07) is 18.2. The quantitative estimate of drug-likeness (QED) is 0.290. The third-order valence-electron chi connectivity index (χ3n) is 5.08. The van der Waals surface area contributed by atoms with Crippen LogP contribution in [-0.4, -0.2) is 35.2 Å². The molecule has 34 heavy (non-hydrogen) atoms. The molecule has 9 heteroatoms. The fourth-order valence-electron chi connectivity index (χ4n) is 3.43. The summed E-state index contributed by atoms with van der Waals surface area (Å²) in [4.78, 5) is 26.0. The van der Waals surface area contributed by atoms with Gasteiger partial charge in [-0.1, -0.05) is 29.8 Å². The Balaban J connectivity index is 1.31. The van der Waals surface area contributed by atoms with E-state index in [-0.39, 0.29) is 35.3 Å². The second-order valence-corrected chi connectivity index (χ2v) is 7.75. The maximum atomic E-state index is 13.2. The number of carbonyl (C=O) groups is 2. The van der Waals surface area contributed by atoms with E-state index in [0.717, 1.165) is 0 Å². The Hall–Kier alpha value is -4.17. The van der Waals surface area contributed by atoms with Gasteiger partial charge in [-0.3, -0.25) is 4.79 Å². The summed E-state index contributed by atoms with van der Waals surface area (Å²) in [5.74, 6) is 0.434. The molecular weight excluding hydrogens is 460 g/mol. The minimum absolute atomic E-state index is 0.119. The molecule has 1 aromatic heterocycles. The highest BCUT2D eigenvalue weighted by atomic mass is 35.5. The molecule has 1 aliphatic heterocycles. The molecule has 1 aliphatic rings. The molecule has 0 amide bonds. The lowest BCUT2D eigenvalue weighted by Gasteiger charge is -2.18. The minimum atomic E-state index is -0.687. The number of hydrogen-bond donors (Lipinski definition) is 0. The number of rotatable bonds is 6. The van der Waals surface area contributed by atoms with E-state index in [1.165, 1.54) is 6.07 Å². The average Bonchev–Trinajstić information content (AvgIpc) is 3.36. The third-order valence-corrected chi connectivity index (χ3v) is 5.33. The summed E-state index contributed by atoms with van der Waals surface area (Å²) in [5.41, 5.74) is 1.38. The molecule has 4 aromatic rings. The molecule has 0 bridgehead atoms. The number of benzene rings is 3. The van der Waals surface area contributed by atoms with Gasteiger partial charge in [0, 0.05) is 21.7 Å². The zero-order chi connectivity index (χ0) is 23.5. The molecule has 0 N–H and O–H groups in total. The van der Waals surface area contributed by atoms with E-state index < -0.39 is 5.97 Å². The number of ether oxygens (including phenoxy) is 3. The van der Waals surface area contributed by atoms with Crippen molar-refractivity contribution in [2.45, 2.75) is 6.61 Å². The van der Waals surface area contributed by atoms with Crippen LogP contribution in [0.1, 0.15) is 32.2 Å². The first-order chi connectivity index (χ1) is 16.6. The molecule has 0 atom stereocenters. The van der Waals surface area contributed by atoms with Crippen LogP contribution in [-0.2, 0) is 11.3 Å². The lowest BCUT2D eigenvalue weighted by Crippen LogP contribution is -2.16. The molecule has 2 heterocycles. The molecule has 3 aromatic carbocycles. The van der Waals surface area contributed by atoms with Crippen LogP contribution < -0.4 is 9.47 Å². The number of aromatic nitrogens is 2. The smallest absolute Gasteiger partial charge is 0.339 e. The van der Waals surface area contributed by atoms with Gasteiger partial charge in [0.15, 0.2) is 23.9 Å². The molecule has 0 radical (unpaired) electrons. The van der Waals surface area contributed by atoms with Crippen LogP contribution in [0.15, 0.2) is 71.1 Å². The summed E-state index contributed by atoms with van der Waals surface area (Å²) >= 11 is 5.89. The predicted molar refractivity (Wildman–Crippen MR) is 121 cm³/mol. The number of esters is 1. The van der Waals surface area contributed by atoms with Crippen molar-refractivity contribution in [3.63, 3.8) is 0 Å². The Morgan fingerprint density at radius 3 is 2.41 bits per heavy atom. The molecule has 0 fully saturated rings. The Kier molecular flexibility index (Phi) is 5.97. The van der Waals surface area contributed by atoms with E-state index in [0.29, 0.717) is 40.9 Å². The monoisotopic (exact) mass is 476 g/mol. The summed E-state index contributed by atoms with van der Waals surface area (Å²) in [5, 5.41) is 8.45.